The molecule has 0 aromatic rings. The molecule has 0 amide bonds. The third-order valence-corrected chi connectivity index (χ3v) is 3.18. The molecule has 2 atom stereocenters. The van der Waals surface area contributed by atoms with Crippen LogP contribution < -0.4 is 0 Å². The van der Waals surface area contributed by atoms with Gasteiger partial charge in [0.05, 0.1) is 24.9 Å². The maximum absolute atomic E-state index is 6.04. The SMILES string of the molecule is CC(C)OCC1CCCCCC1OC(C)C. The molecule has 1 saturated carbocycles. The molecule has 0 aliphatic heterocycles. The second kappa shape index (κ2) is 7.29. The Hall–Kier alpha value is -0.0800. The van der Waals surface area contributed by atoms with Gasteiger partial charge in [-0.15, -0.1) is 0 Å². The molecule has 1 rings (SSSR count). The lowest BCUT2D eigenvalue weighted by Crippen LogP contribution is -2.30. The van der Waals surface area contributed by atoms with Crippen LogP contribution in [0.4, 0.5) is 0 Å². The molecule has 1 aliphatic rings. The first-order chi connectivity index (χ1) is 7.59. The molecule has 0 saturated heterocycles. The van der Waals surface area contributed by atoms with E-state index in [0.717, 1.165) is 6.61 Å². The predicted octanol–water partition coefficient (Wildman–Crippen LogP) is 3.79. The maximum atomic E-state index is 6.04. The lowest BCUT2D eigenvalue weighted by molar-refractivity contribution is -0.0613. The Morgan fingerprint density at radius 2 is 1.62 bits per heavy atom. The Morgan fingerprint density at radius 3 is 2.25 bits per heavy atom. The number of hydrogen-bond acceptors (Lipinski definition) is 2. The molecule has 0 radical (unpaired) electrons. The van der Waals surface area contributed by atoms with Gasteiger partial charge >= 0.3 is 0 Å². The molecule has 2 nitrogen and oxygen atoms in total. The van der Waals surface area contributed by atoms with Gasteiger partial charge in [-0.05, 0) is 40.5 Å². The van der Waals surface area contributed by atoms with Crippen LogP contribution in [0.3, 0.4) is 0 Å². The second-order valence-corrected chi connectivity index (χ2v) is 5.50. The Morgan fingerprint density at radius 1 is 0.938 bits per heavy atom. The van der Waals surface area contributed by atoms with Crippen molar-refractivity contribution in [1.82, 2.24) is 0 Å². The van der Waals surface area contributed by atoms with Gasteiger partial charge in [-0.25, -0.2) is 0 Å². The van der Waals surface area contributed by atoms with Crippen LogP contribution in [-0.4, -0.2) is 24.9 Å². The molecule has 0 aromatic carbocycles. The van der Waals surface area contributed by atoms with E-state index < -0.39 is 0 Å². The second-order valence-electron chi connectivity index (χ2n) is 5.50. The number of ether oxygens (including phenoxy) is 2. The molecule has 0 N–H and O–H groups in total. The molecule has 0 heterocycles. The Labute approximate surface area is 101 Å². The van der Waals surface area contributed by atoms with Gasteiger partial charge in [0.2, 0.25) is 0 Å². The first-order valence-corrected chi connectivity index (χ1v) is 6.86. The van der Waals surface area contributed by atoms with Crippen LogP contribution >= 0.6 is 0 Å². The van der Waals surface area contributed by atoms with E-state index in [1.807, 2.05) is 0 Å². The van der Waals surface area contributed by atoms with Crippen molar-refractivity contribution in [1.29, 1.82) is 0 Å². The largest absolute Gasteiger partial charge is 0.378 e. The minimum absolute atomic E-state index is 0.336. The van der Waals surface area contributed by atoms with E-state index in [-0.39, 0.29) is 0 Å². The van der Waals surface area contributed by atoms with E-state index in [0.29, 0.717) is 24.2 Å². The summed E-state index contributed by atoms with van der Waals surface area (Å²) in [7, 11) is 0. The van der Waals surface area contributed by atoms with Gasteiger partial charge in [0.15, 0.2) is 0 Å². The van der Waals surface area contributed by atoms with Crippen molar-refractivity contribution in [2.75, 3.05) is 6.61 Å². The molecule has 1 aliphatic carbocycles. The molecule has 0 bridgehead atoms. The highest BCUT2D eigenvalue weighted by atomic mass is 16.5. The standard InChI is InChI=1S/C14H28O2/c1-11(2)15-10-13-8-6-5-7-9-14(13)16-12(3)4/h11-14H,5-10H2,1-4H3. The first-order valence-electron chi connectivity index (χ1n) is 6.86. The van der Waals surface area contributed by atoms with E-state index in [4.69, 9.17) is 9.47 Å². The summed E-state index contributed by atoms with van der Waals surface area (Å²) in [6, 6.07) is 0. The van der Waals surface area contributed by atoms with Crippen molar-refractivity contribution in [2.24, 2.45) is 5.92 Å². The minimum Gasteiger partial charge on any atom is -0.378 e. The molecule has 0 aromatic heterocycles. The van der Waals surface area contributed by atoms with Gasteiger partial charge in [-0.1, -0.05) is 19.3 Å². The van der Waals surface area contributed by atoms with Gasteiger partial charge < -0.3 is 9.47 Å². The number of rotatable bonds is 5. The van der Waals surface area contributed by atoms with Crippen molar-refractivity contribution in [3.8, 4) is 0 Å². The average Bonchev–Trinajstić information content (AvgIpc) is 2.39. The number of hydrogen-bond donors (Lipinski definition) is 0. The molecule has 16 heavy (non-hydrogen) atoms. The quantitative estimate of drug-likeness (QED) is 0.667. The lowest BCUT2D eigenvalue weighted by atomic mass is 9.98. The van der Waals surface area contributed by atoms with E-state index in [9.17, 15) is 0 Å². The van der Waals surface area contributed by atoms with Crippen LogP contribution in [-0.2, 0) is 9.47 Å². The first kappa shape index (κ1) is 14.0. The normalized spacial score (nSPS) is 27.4. The summed E-state index contributed by atoms with van der Waals surface area (Å²) in [6.45, 7) is 9.34. The summed E-state index contributed by atoms with van der Waals surface area (Å²) in [6.07, 6.45) is 7.58. The Bertz CT molecular complexity index is 178. The highest BCUT2D eigenvalue weighted by Gasteiger charge is 2.25. The topological polar surface area (TPSA) is 18.5 Å². The van der Waals surface area contributed by atoms with E-state index in [2.05, 4.69) is 27.7 Å². The third-order valence-electron chi connectivity index (χ3n) is 3.18. The molecular formula is C14H28O2. The van der Waals surface area contributed by atoms with Crippen molar-refractivity contribution >= 4 is 0 Å². The summed E-state index contributed by atoms with van der Waals surface area (Å²) < 4.78 is 11.8. The van der Waals surface area contributed by atoms with Crippen molar-refractivity contribution in [2.45, 2.75) is 78.1 Å². The molecule has 0 spiro atoms. The van der Waals surface area contributed by atoms with Gasteiger partial charge in [-0.2, -0.15) is 0 Å². The fourth-order valence-electron chi connectivity index (χ4n) is 2.39. The van der Waals surface area contributed by atoms with E-state index in [1.165, 1.54) is 32.1 Å². The highest BCUT2D eigenvalue weighted by Crippen LogP contribution is 2.27. The minimum atomic E-state index is 0.336. The van der Waals surface area contributed by atoms with Crippen molar-refractivity contribution < 1.29 is 9.47 Å². The van der Waals surface area contributed by atoms with Crippen LogP contribution in [0.2, 0.25) is 0 Å². The highest BCUT2D eigenvalue weighted by molar-refractivity contribution is 4.75. The van der Waals surface area contributed by atoms with Gasteiger partial charge in [0.25, 0.3) is 0 Å². The summed E-state index contributed by atoms with van der Waals surface area (Å²) in [5, 5.41) is 0. The molecule has 96 valence electrons. The van der Waals surface area contributed by atoms with Crippen molar-refractivity contribution in [3.05, 3.63) is 0 Å². The van der Waals surface area contributed by atoms with Crippen LogP contribution in [0.25, 0.3) is 0 Å². The Balaban J connectivity index is 2.44. The fourth-order valence-corrected chi connectivity index (χ4v) is 2.39. The summed E-state index contributed by atoms with van der Waals surface area (Å²) in [5.74, 6) is 0.604. The molecule has 2 unspecified atom stereocenters. The molecule has 2 heteroatoms. The van der Waals surface area contributed by atoms with Crippen LogP contribution in [0.5, 0.6) is 0 Å². The zero-order valence-corrected chi connectivity index (χ0v) is 11.4. The van der Waals surface area contributed by atoms with Gasteiger partial charge in [-0.3, -0.25) is 0 Å². The van der Waals surface area contributed by atoms with E-state index in [1.54, 1.807) is 0 Å². The van der Waals surface area contributed by atoms with Crippen LogP contribution in [0.15, 0.2) is 0 Å². The summed E-state index contributed by atoms with van der Waals surface area (Å²) in [5.41, 5.74) is 0. The maximum Gasteiger partial charge on any atom is 0.0628 e. The monoisotopic (exact) mass is 228 g/mol. The average molecular weight is 228 g/mol. The van der Waals surface area contributed by atoms with E-state index >= 15 is 0 Å². The third kappa shape index (κ3) is 5.31. The van der Waals surface area contributed by atoms with Crippen LogP contribution in [0.1, 0.15) is 59.8 Å². The van der Waals surface area contributed by atoms with Gasteiger partial charge in [0, 0.05) is 5.92 Å². The van der Waals surface area contributed by atoms with Crippen LogP contribution in [0, 0.1) is 5.92 Å². The summed E-state index contributed by atoms with van der Waals surface area (Å²) in [4.78, 5) is 0. The molecular weight excluding hydrogens is 200 g/mol. The fraction of sp³-hybridized carbons (Fsp3) is 1.00. The summed E-state index contributed by atoms with van der Waals surface area (Å²) >= 11 is 0. The zero-order chi connectivity index (χ0) is 12.0. The van der Waals surface area contributed by atoms with Crippen molar-refractivity contribution in [3.63, 3.8) is 0 Å². The predicted molar refractivity (Wildman–Crippen MR) is 67.7 cm³/mol. The lowest BCUT2D eigenvalue weighted by Gasteiger charge is -2.27. The Kier molecular flexibility index (Phi) is 6.37. The van der Waals surface area contributed by atoms with Gasteiger partial charge in [0.1, 0.15) is 0 Å². The molecule has 1 fully saturated rings. The smallest absolute Gasteiger partial charge is 0.0628 e. The zero-order valence-electron chi connectivity index (χ0n) is 11.4.